The first kappa shape index (κ1) is 9.47. The first-order valence-electron chi connectivity index (χ1n) is 4.59. The van der Waals surface area contributed by atoms with Crippen LogP contribution in [0.1, 0.15) is 10.6 Å². The second-order valence-corrected chi connectivity index (χ2v) is 4.39. The third-order valence-electron chi connectivity index (χ3n) is 2.44. The van der Waals surface area contributed by atoms with Gasteiger partial charge in [-0.05, 0) is 18.2 Å². The molecule has 5 heteroatoms. The summed E-state index contributed by atoms with van der Waals surface area (Å²) in [5, 5.41) is 9.69. The number of aromatic carboxylic acids is 1. The average molecular weight is 280 g/mol. The molecular formula is C11H6BrNO3. The Morgan fingerprint density at radius 1 is 1.31 bits per heavy atom. The maximum atomic E-state index is 10.7. The highest BCUT2D eigenvalue weighted by atomic mass is 79.9. The van der Waals surface area contributed by atoms with Crippen LogP contribution in [0.4, 0.5) is 0 Å². The number of fused-ring (bicyclic) bond motifs is 3. The van der Waals surface area contributed by atoms with Crippen LogP contribution >= 0.6 is 15.9 Å². The lowest BCUT2D eigenvalue weighted by atomic mass is 10.2. The van der Waals surface area contributed by atoms with E-state index in [0.29, 0.717) is 11.1 Å². The molecule has 80 valence electrons. The number of halogens is 1. The summed E-state index contributed by atoms with van der Waals surface area (Å²) in [6, 6.07) is 7.18. The van der Waals surface area contributed by atoms with Crippen LogP contribution in [0.3, 0.4) is 0 Å². The molecule has 2 N–H and O–H groups in total. The third kappa shape index (κ3) is 1.25. The number of aromatic nitrogens is 1. The van der Waals surface area contributed by atoms with Crippen molar-refractivity contribution in [3.63, 3.8) is 0 Å². The SMILES string of the molecule is O=C(O)c1cc2[nH]c3cc(Br)ccc3c2o1. The van der Waals surface area contributed by atoms with Gasteiger partial charge in [-0.3, -0.25) is 0 Å². The molecule has 3 aromatic rings. The van der Waals surface area contributed by atoms with E-state index in [1.807, 2.05) is 18.2 Å². The van der Waals surface area contributed by atoms with Gasteiger partial charge >= 0.3 is 5.97 Å². The van der Waals surface area contributed by atoms with Crippen molar-refractivity contribution in [3.8, 4) is 0 Å². The Hall–Kier alpha value is -1.75. The fourth-order valence-corrected chi connectivity index (χ4v) is 2.11. The van der Waals surface area contributed by atoms with E-state index in [1.54, 1.807) is 0 Å². The van der Waals surface area contributed by atoms with Crippen LogP contribution in [-0.2, 0) is 0 Å². The molecule has 0 bridgehead atoms. The summed E-state index contributed by atoms with van der Waals surface area (Å²) in [6.45, 7) is 0. The van der Waals surface area contributed by atoms with Gasteiger partial charge in [-0.15, -0.1) is 0 Å². The molecule has 2 aromatic heterocycles. The van der Waals surface area contributed by atoms with E-state index in [0.717, 1.165) is 15.4 Å². The number of hydrogen-bond acceptors (Lipinski definition) is 2. The van der Waals surface area contributed by atoms with E-state index < -0.39 is 5.97 Å². The fraction of sp³-hybridized carbons (Fsp3) is 0. The number of benzene rings is 1. The molecule has 4 nitrogen and oxygen atoms in total. The molecule has 0 spiro atoms. The number of H-pyrrole nitrogens is 1. The Labute approximate surface area is 98.0 Å². The summed E-state index contributed by atoms with van der Waals surface area (Å²) >= 11 is 3.37. The summed E-state index contributed by atoms with van der Waals surface area (Å²) in [5.74, 6) is -1.11. The van der Waals surface area contributed by atoms with E-state index in [2.05, 4.69) is 20.9 Å². The number of hydrogen-bond donors (Lipinski definition) is 2. The number of rotatable bonds is 1. The van der Waals surface area contributed by atoms with E-state index in [9.17, 15) is 4.79 Å². The Bertz CT molecular complexity index is 710. The van der Waals surface area contributed by atoms with Crippen molar-refractivity contribution < 1.29 is 14.3 Å². The van der Waals surface area contributed by atoms with Gasteiger partial charge in [0.25, 0.3) is 0 Å². The normalized spacial score (nSPS) is 11.3. The smallest absolute Gasteiger partial charge is 0.371 e. The van der Waals surface area contributed by atoms with E-state index >= 15 is 0 Å². The molecule has 2 heterocycles. The predicted octanol–water partition coefficient (Wildman–Crippen LogP) is 3.37. The number of carboxylic acid groups (broad SMARTS) is 1. The largest absolute Gasteiger partial charge is 0.475 e. The van der Waals surface area contributed by atoms with Crippen LogP contribution < -0.4 is 0 Å². The molecular weight excluding hydrogens is 274 g/mol. The highest BCUT2D eigenvalue weighted by Gasteiger charge is 2.14. The predicted molar refractivity (Wildman–Crippen MR) is 62.7 cm³/mol. The molecule has 0 saturated carbocycles. The Morgan fingerprint density at radius 3 is 2.88 bits per heavy atom. The zero-order chi connectivity index (χ0) is 11.3. The van der Waals surface area contributed by atoms with E-state index in [1.165, 1.54) is 6.07 Å². The van der Waals surface area contributed by atoms with Gasteiger partial charge in [-0.1, -0.05) is 15.9 Å². The van der Waals surface area contributed by atoms with Crippen molar-refractivity contribution in [2.45, 2.75) is 0 Å². The van der Waals surface area contributed by atoms with Crippen LogP contribution in [0, 0.1) is 0 Å². The van der Waals surface area contributed by atoms with Crippen LogP contribution in [0.5, 0.6) is 0 Å². The summed E-state index contributed by atoms with van der Waals surface area (Å²) in [5.41, 5.74) is 2.20. The summed E-state index contributed by atoms with van der Waals surface area (Å²) in [7, 11) is 0. The number of carboxylic acids is 1. The van der Waals surface area contributed by atoms with Gasteiger partial charge in [0.2, 0.25) is 5.76 Å². The topological polar surface area (TPSA) is 66.2 Å². The highest BCUT2D eigenvalue weighted by molar-refractivity contribution is 9.10. The highest BCUT2D eigenvalue weighted by Crippen LogP contribution is 2.29. The number of carbonyl (C=O) groups is 1. The molecule has 0 amide bonds. The minimum absolute atomic E-state index is 0.0499. The van der Waals surface area contributed by atoms with Crippen LogP contribution in [-0.4, -0.2) is 16.1 Å². The first-order chi connectivity index (χ1) is 7.65. The van der Waals surface area contributed by atoms with Gasteiger partial charge in [0.1, 0.15) is 0 Å². The lowest BCUT2D eigenvalue weighted by molar-refractivity contribution is 0.0665. The zero-order valence-electron chi connectivity index (χ0n) is 7.95. The maximum absolute atomic E-state index is 10.7. The molecule has 0 radical (unpaired) electrons. The minimum atomic E-state index is -1.06. The molecule has 0 aliphatic carbocycles. The zero-order valence-corrected chi connectivity index (χ0v) is 9.54. The molecule has 3 rings (SSSR count). The van der Waals surface area contributed by atoms with Gasteiger partial charge in [0.05, 0.1) is 11.0 Å². The van der Waals surface area contributed by atoms with Crippen molar-refractivity contribution in [2.75, 3.05) is 0 Å². The quantitative estimate of drug-likeness (QED) is 0.718. The standard InChI is InChI=1S/C11H6BrNO3/c12-5-1-2-6-7(3-5)13-8-4-9(11(14)15)16-10(6)8/h1-4,13H,(H,14,15). The molecule has 1 aromatic carbocycles. The third-order valence-corrected chi connectivity index (χ3v) is 2.93. The fourth-order valence-electron chi connectivity index (χ4n) is 1.75. The van der Waals surface area contributed by atoms with Crippen molar-refractivity contribution in [2.24, 2.45) is 0 Å². The van der Waals surface area contributed by atoms with Gasteiger partial charge in [0.15, 0.2) is 5.58 Å². The number of aromatic amines is 1. The summed E-state index contributed by atoms with van der Waals surface area (Å²) in [4.78, 5) is 13.9. The van der Waals surface area contributed by atoms with Crippen molar-refractivity contribution in [1.29, 1.82) is 0 Å². The van der Waals surface area contributed by atoms with Crippen LogP contribution in [0.2, 0.25) is 0 Å². The monoisotopic (exact) mass is 279 g/mol. The van der Waals surface area contributed by atoms with E-state index in [-0.39, 0.29) is 5.76 Å². The average Bonchev–Trinajstić information content (AvgIpc) is 2.73. The lowest BCUT2D eigenvalue weighted by Crippen LogP contribution is -1.91. The molecule has 0 saturated heterocycles. The van der Waals surface area contributed by atoms with Crippen molar-refractivity contribution >= 4 is 43.9 Å². The number of furan rings is 1. The van der Waals surface area contributed by atoms with E-state index in [4.69, 9.17) is 9.52 Å². The Morgan fingerprint density at radius 2 is 2.12 bits per heavy atom. The molecule has 0 unspecified atom stereocenters. The van der Waals surface area contributed by atoms with Crippen LogP contribution in [0.15, 0.2) is 33.2 Å². The van der Waals surface area contributed by atoms with Gasteiger partial charge in [-0.25, -0.2) is 4.79 Å². The molecule has 0 fully saturated rings. The first-order valence-corrected chi connectivity index (χ1v) is 5.38. The molecule has 0 aliphatic rings. The van der Waals surface area contributed by atoms with Gasteiger partial charge in [0, 0.05) is 15.9 Å². The van der Waals surface area contributed by atoms with Crippen molar-refractivity contribution in [1.82, 2.24) is 4.98 Å². The second kappa shape index (κ2) is 3.12. The molecule has 0 aliphatic heterocycles. The second-order valence-electron chi connectivity index (χ2n) is 3.47. The van der Waals surface area contributed by atoms with Gasteiger partial charge < -0.3 is 14.5 Å². The Kier molecular flexibility index (Phi) is 1.85. The lowest BCUT2D eigenvalue weighted by Gasteiger charge is -1.91. The molecule has 16 heavy (non-hydrogen) atoms. The number of nitrogens with one attached hydrogen (secondary N) is 1. The summed E-state index contributed by atoms with van der Waals surface area (Å²) < 4.78 is 6.24. The summed E-state index contributed by atoms with van der Waals surface area (Å²) in [6.07, 6.45) is 0. The van der Waals surface area contributed by atoms with Gasteiger partial charge in [-0.2, -0.15) is 0 Å². The maximum Gasteiger partial charge on any atom is 0.371 e. The van der Waals surface area contributed by atoms with Crippen LogP contribution in [0.25, 0.3) is 22.0 Å². The Balaban J connectivity index is 2.38. The van der Waals surface area contributed by atoms with Crippen molar-refractivity contribution in [3.05, 3.63) is 34.5 Å². The molecule has 0 atom stereocenters. The minimum Gasteiger partial charge on any atom is -0.475 e.